The van der Waals surface area contributed by atoms with Crippen LogP contribution < -0.4 is 9.47 Å². The monoisotopic (exact) mass is 260 g/mol. The van der Waals surface area contributed by atoms with Crippen LogP contribution in [-0.2, 0) is 6.54 Å². The second-order valence-electron chi connectivity index (χ2n) is 4.33. The van der Waals surface area contributed by atoms with Gasteiger partial charge in [0.2, 0.25) is 0 Å². The lowest BCUT2D eigenvalue weighted by molar-refractivity contribution is 0.288. The fraction of sp³-hybridized carbons (Fsp3) is 0.400. The lowest BCUT2D eigenvalue weighted by Gasteiger charge is -2.09. The van der Waals surface area contributed by atoms with E-state index in [-0.39, 0.29) is 0 Å². The quantitative estimate of drug-likeness (QED) is 0.684. The number of imidazole rings is 1. The zero-order valence-electron chi connectivity index (χ0n) is 11.3. The molecule has 0 aliphatic rings. The van der Waals surface area contributed by atoms with Gasteiger partial charge >= 0.3 is 0 Å². The zero-order chi connectivity index (χ0) is 13.3. The summed E-state index contributed by atoms with van der Waals surface area (Å²) < 4.78 is 13.3. The minimum atomic E-state index is 0.620. The molecule has 1 aromatic carbocycles. The summed E-state index contributed by atoms with van der Waals surface area (Å²) in [5.41, 5.74) is 0. The number of hydrogen-bond donors (Lipinski definition) is 0. The van der Waals surface area contributed by atoms with Gasteiger partial charge in [-0.1, -0.05) is 19.4 Å². The van der Waals surface area contributed by atoms with Crippen molar-refractivity contribution in [1.82, 2.24) is 9.55 Å². The molecule has 0 aliphatic carbocycles. The number of unbranched alkanes of at least 4 members (excludes halogenated alkanes) is 1. The van der Waals surface area contributed by atoms with Crippen molar-refractivity contribution < 1.29 is 9.47 Å². The van der Waals surface area contributed by atoms with Gasteiger partial charge in [-0.2, -0.15) is 0 Å². The van der Waals surface area contributed by atoms with Crippen LogP contribution >= 0.6 is 0 Å². The highest BCUT2D eigenvalue weighted by atomic mass is 16.5. The van der Waals surface area contributed by atoms with E-state index in [0.717, 1.165) is 37.5 Å². The molecule has 0 N–H and O–H groups in total. The molecule has 0 saturated carbocycles. The van der Waals surface area contributed by atoms with Crippen LogP contribution in [0.25, 0.3) is 0 Å². The van der Waals surface area contributed by atoms with E-state index in [1.807, 2.05) is 35.0 Å². The Balaban J connectivity index is 1.78. The minimum absolute atomic E-state index is 0.620. The SMILES string of the molecule is CCCCOc1cccc(OCCn2ccnc2)c1. The van der Waals surface area contributed by atoms with Gasteiger partial charge in [0.1, 0.15) is 18.1 Å². The summed E-state index contributed by atoms with van der Waals surface area (Å²) in [7, 11) is 0. The van der Waals surface area contributed by atoms with Crippen LogP contribution in [0.2, 0.25) is 0 Å². The Bertz CT molecular complexity index is 469. The highest BCUT2D eigenvalue weighted by Gasteiger charge is 1.98. The second kappa shape index (κ2) is 7.46. The topological polar surface area (TPSA) is 36.3 Å². The molecule has 1 heterocycles. The van der Waals surface area contributed by atoms with E-state index in [1.165, 1.54) is 0 Å². The van der Waals surface area contributed by atoms with Gasteiger partial charge in [-0.05, 0) is 18.6 Å². The van der Waals surface area contributed by atoms with E-state index in [2.05, 4.69) is 11.9 Å². The van der Waals surface area contributed by atoms with Gasteiger partial charge < -0.3 is 14.0 Å². The van der Waals surface area contributed by atoms with Crippen molar-refractivity contribution in [3.63, 3.8) is 0 Å². The van der Waals surface area contributed by atoms with Crippen LogP contribution in [0.15, 0.2) is 43.0 Å². The smallest absolute Gasteiger partial charge is 0.123 e. The molecule has 0 bridgehead atoms. The van der Waals surface area contributed by atoms with Gasteiger partial charge in [0.25, 0.3) is 0 Å². The Hall–Kier alpha value is -1.97. The standard InChI is InChI=1S/C15H20N2O2/c1-2-3-10-18-14-5-4-6-15(12-14)19-11-9-17-8-7-16-13-17/h4-8,12-13H,2-3,9-11H2,1H3. The second-order valence-corrected chi connectivity index (χ2v) is 4.33. The molecule has 0 saturated heterocycles. The van der Waals surface area contributed by atoms with Crippen molar-refractivity contribution in [3.8, 4) is 11.5 Å². The Labute approximate surface area is 114 Å². The van der Waals surface area contributed by atoms with Crippen molar-refractivity contribution in [2.75, 3.05) is 13.2 Å². The van der Waals surface area contributed by atoms with E-state index in [9.17, 15) is 0 Å². The highest BCUT2D eigenvalue weighted by molar-refractivity contribution is 5.32. The average molecular weight is 260 g/mol. The summed E-state index contributed by atoms with van der Waals surface area (Å²) in [6, 6.07) is 7.79. The molecule has 0 atom stereocenters. The van der Waals surface area contributed by atoms with Crippen molar-refractivity contribution in [1.29, 1.82) is 0 Å². The fourth-order valence-electron chi connectivity index (χ4n) is 1.68. The Morgan fingerprint density at radius 1 is 1.16 bits per heavy atom. The summed E-state index contributed by atoms with van der Waals surface area (Å²) in [6.45, 7) is 4.32. The summed E-state index contributed by atoms with van der Waals surface area (Å²) in [5.74, 6) is 1.71. The van der Waals surface area contributed by atoms with Crippen LogP contribution in [-0.4, -0.2) is 22.8 Å². The number of rotatable bonds is 8. The lowest BCUT2D eigenvalue weighted by Crippen LogP contribution is -2.06. The molecule has 102 valence electrons. The van der Waals surface area contributed by atoms with Crippen molar-refractivity contribution in [2.45, 2.75) is 26.3 Å². The molecule has 4 heteroatoms. The molecule has 19 heavy (non-hydrogen) atoms. The van der Waals surface area contributed by atoms with Gasteiger partial charge in [-0.25, -0.2) is 4.98 Å². The predicted molar refractivity (Wildman–Crippen MR) is 74.6 cm³/mol. The zero-order valence-corrected chi connectivity index (χ0v) is 11.3. The van der Waals surface area contributed by atoms with Gasteiger partial charge in [0, 0.05) is 18.5 Å². The van der Waals surface area contributed by atoms with Crippen molar-refractivity contribution >= 4 is 0 Å². The maximum absolute atomic E-state index is 5.70. The van der Waals surface area contributed by atoms with Crippen molar-refractivity contribution in [3.05, 3.63) is 43.0 Å². The van der Waals surface area contributed by atoms with E-state index in [4.69, 9.17) is 9.47 Å². The maximum Gasteiger partial charge on any atom is 0.123 e. The minimum Gasteiger partial charge on any atom is -0.493 e. The first kappa shape index (κ1) is 13.5. The molecule has 0 spiro atoms. The lowest BCUT2D eigenvalue weighted by atomic mass is 10.3. The third kappa shape index (κ3) is 4.66. The van der Waals surface area contributed by atoms with Crippen LogP contribution in [0.3, 0.4) is 0 Å². The number of ether oxygens (including phenoxy) is 2. The van der Waals surface area contributed by atoms with Crippen LogP contribution in [0, 0.1) is 0 Å². The van der Waals surface area contributed by atoms with Crippen LogP contribution in [0.4, 0.5) is 0 Å². The normalized spacial score (nSPS) is 10.4. The number of aromatic nitrogens is 2. The Morgan fingerprint density at radius 2 is 1.95 bits per heavy atom. The van der Waals surface area contributed by atoms with Gasteiger partial charge in [-0.15, -0.1) is 0 Å². The molecule has 0 radical (unpaired) electrons. The number of benzene rings is 1. The van der Waals surface area contributed by atoms with E-state index in [1.54, 1.807) is 12.5 Å². The summed E-state index contributed by atoms with van der Waals surface area (Å²) in [4.78, 5) is 3.99. The molecule has 2 rings (SSSR count). The molecule has 0 amide bonds. The van der Waals surface area contributed by atoms with Crippen LogP contribution in [0.1, 0.15) is 19.8 Å². The van der Waals surface area contributed by atoms with E-state index >= 15 is 0 Å². The van der Waals surface area contributed by atoms with Crippen LogP contribution in [0.5, 0.6) is 11.5 Å². The highest BCUT2D eigenvalue weighted by Crippen LogP contribution is 2.19. The summed E-state index contributed by atoms with van der Waals surface area (Å²) in [6.07, 6.45) is 7.69. The number of nitrogens with zero attached hydrogens (tertiary/aromatic N) is 2. The maximum atomic E-state index is 5.70. The molecule has 0 fully saturated rings. The van der Waals surface area contributed by atoms with E-state index in [0.29, 0.717) is 6.61 Å². The molecule has 2 aromatic rings. The average Bonchev–Trinajstić information content (AvgIpc) is 2.93. The molecule has 1 aromatic heterocycles. The van der Waals surface area contributed by atoms with Gasteiger partial charge in [-0.3, -0.25) is 0 Å². The van der Waals surface area contributed by atoms with E-state index < -0.39 is 0 Å². The molecule has 4 nitrogen and oxygen atoms in total. The fourth-order valence-corrected chi connectivity index (χ4v) is 1.68. The molecular weight excluding hydrogens is 240 g/mol. The van der Waals surface area contributed by atoms with Gasteiger partial charge in [0.05, 0.1) is 19.5 Å². The third-order valence-corrected chi connectivity index (χ3v) is 2.75. The number of hydrogen-bond acceptors (Lipinski definition) is 3. The van der Waals surface area contributed by atoms with Gasteiger partial charge in [0.15, 0.2) is 0 Å². The molecular formula is C15H20N2O2. The predicted octanol–water partition coefficient (Wildman–Crippen LogP) is 3.14. The summed E-state index contributed by atoms with van der Waals surface area (Å²) >= 11 is 0. The first-order valence-electron chi connectivity index (χ1n) is 6.70. The largest absolute Gasteiger partial charge is 0.493 e. The Morgan fingerprint density at radius 3 is 2.63 bits per heavy atom. The third-order valence-electron chi connectivity index (χ3n) is 2.75. The Kier molecular flexibility index (Phi) is 5.29. The first-order chi connectivity index (χ1) is 9.38. The summed E-state index contributed by atoms with van der Waals surface area (Å²) in [5, 5.41) is 0. The molecule has 0 aliphatic heterocycles. The van der Waals surface area contributed by atoms with Crippen molar-refractivity contribution in [2.24, 2.45) is 0 Å². The first-order valence-corrected chi connectivity index (χ1v) is 6.70. The molecule has 0 unspecified atom stereocenters.